The summed E-state index contributed by atoms with van der Waals surface area (Å²) in [5.41, 5.74) is 0.891. The van der Waals surface area contributed by atoms with E-state index in [9.17, 15) is 8.78 Å². The maximum Gasteiger partial charge on any atom is 0.309 e. The second kappa shape index (κ2) is 4.91. The molecule has 0 bridgehead atoms. The number of hydrogen-bond donors (Lipinski definition) is 0. The van der Waals surface area contributed by atoms with Crippen molar-refractivity contribution in [3.63, 3.8) is 0 Å². The van der Waals surface area contributed by atoms with Gasteiger partial charge in [0.1, 0.15) is 11.4 Å². The zero-order valence-electron chi connectivity index (χ0n) is 10.8. The Morgan fingerprint density at radius 1 is 1.32 bits per heavy atom. The number of allylic oxidation sites excluding steroid dienone is 1. The molecule has 0 atom stereocenters. The molecule has 0 amide bonds. The summed E-state index contributed by atoms with van der Waals surface area (Å²) in [4.78, 5) is 8.27. The summed E-state index contributed by atoms with van der Waals surface area (Å²) in [5, 5.41) is 0. The van der Waals surface area contributed by atoms with Gasteiger partial charge >= 0.3 is 5.92 Å². The first-order valence-corrected chi connectivity index (χ1v) is 5.88. The van der Waals surface area contributed by atoms with Crippen LogP contribution in [0.2, 0.25) is 0 Å². The molecule has 0 saturated carbocycles. The van der Waals surface area contributed by atoms with Gasteiger partial charge in [-0.1, -0.05) is 13.5 Å². The molecule has 5 heteroatoms. The third-order valence-electron chi connectivity index (χ3n) is 2.85. The summed E-state index contributed by atoms with van der Waals surface area (Å²) in [6, 6.07) is 4.96. The van der Waals surface area contributed by atoms with Crippen LogP contribution in [-0.4, -0.2) is 17.1 Å². The molecule has 19 heavy (non-hydrogen) atoms. The van der Waals surface area contributed by atoms with Crippen LogP contribution in [-0.2, 0) is 12.3 Å². The van der Waals surface area contributed by atoms with E-state index in [1.54, 1.807) is 25.1 Å². The fourth-order valence-electron chi connectivity index (χ4n) is 1.81. The minimum absolute atomic E-state index is 0.269. The predicted molar refractivity (Wildman–Crippen MR) is 69.6 cm³/mol. The van der Waals surface area contributed by atoms with E-state index in [1.807, 2.05) is 0 Å². The molecule has 2 rings (SSSR count). The topological polar surface area (TPSA) is 35.0 Å². The number of nitrogens with zero attached hydrogens (tertiary/aromatic N) is 2. The summed E-state index contributed by atoms with van der Waals surface area (Å²) >= 11 is 0. The number of aromatic nitrogens is 2. The van der Waals surface area contributed by atoms with Gasteiger partial charge in [-0.2, -0.15) is 8.78 Å². The number of alkyl halides is 2. The average molecular weight is 264 g/mol. The third-order valence-corrected chi connectivity index (χ3v) is 2.85. The van der Waals surface area contributed by atoms with Gasteiger partial charge in [0.15, 0.2) is 0 Å². The Balaban J connectivity index is 2.70. The molecule has 0 N–H and O–H groups in total. The highest BCUT2D eigenvalue weighted by Gasteiger charge is 2.32. The number of fused-ring (bicyclic) bond motifs is 1. The number of ether oxygens (including phenoxy) is 1. The second-order valence-corrected chi connectivity index (χ2v) is 4.05. The standard InChI is InChI=1S/C14H14F2N2O/c1-4-10-13(14(15,16)5-2)18-11-7-6-9(19-3)8-12(11)17-10/h5-8H,2,4H2,1,3H3. The molecule has 100 valence electrons. The van der Waals surface area contributed by atoms with Gasteiger partial charge < -0.3 is 4.74 Å². The SMILES string of the molecule is C=CC(F)(F)c1nc2ccc(OC)cc2nc1CC. The normalized spacial score (nSPS) is 11.6. The minimum Gasteiger partial charge on any atom is -0.497 e. The van der Waals surface area contributed by atoms with Crippen LogP contribution >= 0.6 is 0 Å². The molecule has 1 aromatic heterocycles. The van der Waals surface area contributed by atoms with Gasteiger partial charge in [0.2, 0.25) is 0 Å². The first-order chi connectivity index (χ1) is 9.01. The van der Waals surface area contributed by atoms with Crippen molar-refractivity contribution in [2.24, 2.45) is 0 Å². The number of methoxy groups -OCH3 is 1. The van der Waals surface area contributed by atoms with E-state index in [-0.39, 0.29) is 11.4 Å². The van der Waals surface area contributed by atoms with Crippen molar-refractivity contribution in [1.29, 1.82) is 0 Å². The lowest BCUT2D eigenvalue weighted by Crippen LogP contribution is -2.16. The largest absolute Gasteiger partial charge is 0.497 e. The Morgan fingerprint density at radius 3 is 2.63 bits per heavy atom. The van der Waals surface area contributed by atoms with Crippen molar-refractivity contribution in [1.82, 2.24) is 9.97 Å². The summed E-state index contributed by atoms with van der Waals surface area (Å²) in [6.45, 7) is 4.92. The maximum absolute atomic E-state index is 13.8. The zero-order valence-corrected chi connectivity index (χ0v) is 10.8. The fourth-order valence-corrected chi connectivity index (χ4v) is 1.81. The molecule has 0 fully saturated rings. The Kier molecular flexibility index (Phi) is 3.46. The third kappa shape index (κ3) is 2.41. The van der Waals surface area contributed by atoms with Crippen LogP contribution in [0.3, 0.4) is 0 Å². The summed E-state index contributed by atoms with van der Waals surface area (Å²) < 4.78 is 32.6. The highest BCUT2D eigenvalue weighted by Crippen LogP contribution is 2.31. The van der Waals surface area contributed by atoms with Crippen molar-refractivity contribution < 1.29 is 13.5 Å². The van der Waals surface area contributed by atoms with E-state index in [2.05, 4.69) is 16.5 Å². The quantitative estimate of drug-likeness (QED) is 0.793. The smallest absolute Gasteiger partial charge is 0.309 e. The van der Waals surface area contributed by atoms with Crippen LogP contribution in [0.1, 0.15) is 18.3 Å². The lowest BCUT2D eigenvalue weighted by molar-refractivity contribution is 0.0465. The molecule has 0 saturated heterocycles. The lowest BCUT2D eigenvalue weighted by Gasteiger charge is -2.15. The van der Waals surface area contributed by atoms with E-state index < -0.39 is 5.92 Å². The molecule has 0 aliphatic rings. The second-order valence-electron chi connectivity index (χ2n) is 4.05. The first-order valence-electron chi connectivity index (χ1n) is 5.88. The van der Waals surface area contributed by atoms with Crippen LogP contribution in [0.5, 0.6) is 5.75 Å². The van der Waals surface area contributed by atoms with Gasteiger partial charge in [0.25, 0.3) is 0 Å². The maximum atomic E-state index is 13.8. The highest BCUT2D eigenvalue weighted by atomic mass is 19.3. The van der Waals surface area contributed by atoms with E-state index in [1.165, 1.54) is 7.11 Å². The lowest BCUT2D eigenvalue weighted by atomic mass is 10.1. The van der Waals surface area contributed by atoms with Crippen molar-refractivity contribution in [2.75, 3.05) is 7.11 Å². The van der Waals surface area contributed by atoms with Gasteiger partial charge in [-0.15, -0.1) is 0 Å². The minimum atomic E-state index is -3.17. The molecule has 2 aromatic rings. The van der Waals surface area contributed by atoms with E-state index in [4.69, 9.17) is 4.74 Å². The number of aryl methyl sites for hydroxylation is 1. The van der Waals surface area contributed by atoms with Crippen molar-refractivity contribution >= 4 is 11.0 Å². The molecule has 0 spiro atoms. The van der Waals surface area contributed by atoms with Crippen LogP contribution in [0.25, 0.3) is 11.0 Å². The van der Waals surface area contributed by atoms with E-state index >= 15 is 0 Å². The molecule has 0 aliphatic carbocycles. The zero-order chi connectivity index (χ0) is 14.0. The molecular weight excluding hydrogens is 250 g/mol. The van der Waals surface area contributed by atoms with Gasteiger partial charge in [0.05, 0.1) is 23.8 Å². The van der Waals surface area contributed by atoms with E-state index in [0.717, 1.165) is 0 Å². The summed E-state index contributed by atoms with van der Waals surface area (Å²) in [6.07, 6.45) is 0.963. The molecular formula is C14H14F2N2O. The number of hydrogen-bond acceptors (Lipinski definition) is 3. The number of rotatable bonds is 4. The monoisotopic (exact) mass is 264 g/mol. The molecule has 0 radical (unpaired) electrons. The Bertz CT molecular complexity index is 626. The summed E-state index contributed by atoms with van der Waals surface area (Å²) in [7, 11) is 1.54. The van der Waals surface area contributed by atoms with Crippen LogP contribution in [0.4, 0.5) is 8.78 Å². The molecule has 0 aliphatic heterocycles. The van der Waals surface area contributed by atoms with Crippen molar-refractivity contribution in [3.8, 4) is 5.75 Å². The van der Waals surface area contributed by atoms with Crippen molar-refractivity contribution in [2.45, 2.75) is 19.3 Å². The van der Waals surface area contributed by atoms with Gasteiger partial charge in [-0.05, 0) is 24.6 Å². The number of halogens is 2. The predicted octanol–water partition coefficient (Wildman–Crippen LogP) is 3.48. The number of benzene rings is 1. The van der Waals surface area contributed by atoms with Gasteiger partial charge in [-0.3, -0.25) is 0 Å². The fraction of sp³-hybridized carbons (Fsp3) is 0.286. The van der Waals surface area contributed by atoms with E-state index in [0.29, 0.717) is 29.3 Å². The Morgan fingerprint density at radius 2 is 2.05 bits per heavy atom. The van der Waals surface area contributed by atoms with Crippen molar-refractivity contribution in [3.05, 3.63) is 42.2 Å². The van der Waals surface area contributed by atoms with Crippen LogP contribution < -0.4 is 4.74 Å². The molecule has 0 unspecified atom stereocenters. The Hall–Kier alpha value is -2.04. The molecule has 3 nitrogen and oxygen atoms in total. The first kappa shape index (κ1) is 13.4. The highest BCUT2D eigenvalue weighted by molar-refractivity contribution is 5.76. The summed E-state index contributed by atoms with van der Waals surface area (Å²) in [5.74, 6) is -2.56. The van der Waals surface area contributed by atoms with Crippen LogP contribution in [0.15, 0.2) is 30.9 Å². The van der Waals surface area contributed by atoms with Crippen LogP contribution in [0, 0.1) is 0 Å². The van der Waals surface area contributed by atoms with Gasteiger partial charge in [-0.25, -0.2) is 9.97 Å². The van der Waals surface area contributed by atoms with Gasteiger partial charge in [0, 0.05) is 6.07 Å². The average Bonchev–Trinajstić information content (AvgIpc) is 2.45. The molecule has 1 heterocycles. The Labute approximate surface area is 109 Å². The molecule has 1 aromatic carbocycles.